The van der Waals surface area contributed by atoms with Crippen LogP contribution in [0, 0.1) is 5.41 Å². The van der Waals surface area contributed by atoms with Crippen LogP contribution in [0.3, 0.4) is 0 Å². The zero-order valence-corrected chi connectivity index (χ0v) is 12.1. The first-order valence-electron chi connectivity index (χ1n) is 7.07. The average molecular weight is 242 g/mol. The molecule has 17 heavy (non-hydrogen) atoms. The molecule has 1 fully saturated rings. The summed E-state index contributed by atoms with van der Waals surface area (Å²) in [6, 6.07) is 0.604. The van der Waals surface area contributed by atoms with E-state index in [1.54, 1.807) is 0 Å². The van der Waals surface area contributed by atoms with Gasteiger partial charge in [0.2, 0.25) is 0 Å². The van der Waals surface area contributed by atoms with Gasteiger partial charge in [0.15, 0.2) is 0 Å². The minimum absolute atomic E-state index is 0.349. The summed E-state index contributed by atoms with van der Waals surface area (Å²) in [6.45, 7) is 15.4. The lowest BCUT2D eigenvalue weighted by Gasteiger charge is -2.40. The number of hydrogen-bond donors (Lipinski definition) is 1. The van der Waals surface area contributed by atoms with Gasteiger partial charge in [0.25, 0.3) is 0 Å². The van der Waals surface area contributed by atoms with E-state index in [0.717, 1.165) is 39.4 Å². The lowest BCUT2D eigenvalue weighted by Crippen LogP contribution is -2.56. The fourth-order valence-corrected chi connectivity index (χ4v) is 2.14. The van der Waals surface area contributed by atoms with Crippen molar-refractivity contribution < 1.29 is 4.74 Å². The SMILES string of the molecule is CCCCOCCN1CCNC(C(C)(C)C)C1. The highest BCUT2D eigenvalue weighted by molar-refractivity contribution is 4.87. The summed E-state index contributed by atoms with van der Waals surface area (Å²) in [5, 5.41) is 3.62. The zero-order chi connectivity index (χ0) is 12.7. The molecule has 1 saturated heterocycles. The number of ether oxygens (including phenoxy) is 1. The second kappa shape index (κ2) is 7.34. The Balaban J connectivity index is 2.17. The van der Waals surface area contributed by atoms with Gasteiger partial charge in [0, 0.05) is 38.8 Å². The van der Waals surface area contributed by atoms with E-state index in [4.69, 9.17) is 4.74 Å². The molecule has 3 heteroatoms. The molecular formula is C14H30N2O. The molecule has 0 aromatic rings. The van der Waals surface area contributed by atoms with Gasteiger partial charge in [-0.25, -0.2) is 0 Å². The van der Waals surface area contributed by atoms with Crippen LogP contribution in [-0.2, 0) is 4.74 Å². The predicted molar refractivity (Wildman–Crippen MR) is 73.4 cm³/mol. The molecule has 3 nitrogen and oxygen atoms in total. The van der Waals surface area contributed by atoms with Crippen LogP contribution in [-0.4, -0.2) is 50.3 Å². The maximum absolute atomic E-state index is 5.64. The third-order valence-electron chi connectivity index (χ3n) is 3.50. The fraction of sp³-hybridized carbons (Fsp3) is 1.00. The van der Waals surface area contributed by atoms with Crippen molar-refractivity contribution in [1.82, 2.24) is 10.2 Å². The Morgan fingerprint density at radius 1 is 1.29 bits per heavy atom. The molecule has 0 amide bonds. The molecular weight excluding hydrogens is 212 g/mol. The summed E-state index contributed by atoms with van der Waals surface area (Å²) in [4.78, 5) is 2.53. The lowest BCUT2D eigenvalue weighted by molar-refractivity contribution is 0.0752. The van der Waals surface area contributed by atoms with Gasteiger partial charge in [-0.05, 0) is 11.8 Å². The topological polar surface area (TPSA) is 24.5 Å². The summed E-state index contributed by atoms with van der Waals surface area (Å²) < 4.78 is 5.64. The maximum atomic E-state index is 5.64. The Kier molecular flexibility index (Phi) is 6.45. The summed E-state index contributed by atoms with van der Waals surface area (Å²) in [6.07, 6.45) is 2.41. The van der Waals surface area contributed by atoms with E-state index in [1.165, 1.54) is 12.8 Å². The number of hydrogen-bond acceptors (Lipinski definition) is 3. The number of nitrogens with one attached hydrogen (secondary N) is 1. The first-order chi connectivity index (χ1) is 8.04. The van der Waals surface area contributed by atoms with Crippen LogP contribution >= 0.6 is 0 Å². The molecule has 0 aromatic heterocycles. The Morgan fingerprint density at radius 3 is 2.71 bits per heavy atom. The lowest BCUT2D eigenvalue weighted by atomic mass is 9.85. The third kappa shape index (κ3) is 5.84. The molecule has 1 aliphatic heterocycles. The molecule has 0 saturated carbocycles. The van der Waals surface area contributed by atoms with Gasteiger partial charge >= 0.3 is 0 Å². The zero-order valence-electron chi connectivity index (χ0n) is 12.1. The Hall–Kier alpha value is -0.120. The van der Waals surface area contributed by atoms with Crippen LogP contribution in [0.15, 0.2) is 0 Å². The first kappa shape index (κ1) is 14.9. The minimum atomic E-state index is 0.349. The van der Waals surface area contributed by atoms with Crippen LogP contribution in [0.2, 0.25) is 0 Å². The van der Waals surface area contributed by atoms with Crippen LogP contribution in [0.1, 0.15) is 40.5 Å². The molecule has 0 bridgehead atoms. The van der Waals surface area contributed by atoms with Crippen molar-refractivity contribution in [3.8, 4) is 0 Å². The summed E-state index contributed by atoms with van der Waals surface area (Å²) >= 11 is 0. The van der Waals surface area contributed by atoms with Crippen LogP contribution < -0.4 is 5.32 Å². The largest absolute Gasteiger partial charge is 0.380 e. The van der Waals surface area contributed by atoms with Crippen molar-refractivity contribution in [2.45, 2.75) is 46.6 Å². The quantitative estimate of drug-likeness (QED) is 0.722. The highest BCUT2D eigenvalue weighted by Crippen LogP contribution is 2.21. The van der Waals surface area contributed by atoms with Crippen molar-refractivity contribution in [2.75, 3.05) is 39.4 Å². The van der Waals surface area contributed by atoms with Crippen molar-refractivity contribution in [1.29, 1.82) is 0 Å². The Morgan fingerprint density at radius 2 is 2.06 bits per heavy atom. The van der Waals surface area contributed by atoms with E-state index < -0.39 is 0 Å². The van der Waals surface area contributed by atoms with Crippen LogP contribution in [0.25, 0.3) is 0 Å². The van der Waals surface area contributed by atoms with E-state index in [9.17, 15) is 0 Å². The van der Waals surface area contributed by atoms with Gasteiger partial charge in [0.05, 0.1) is 6.61 Å². The monoisotopic (exact) mass is 242 g/mol. The summed E-state index contributed by atoms with van der Waals surface area (Å²) in [7, 11) is 0. The Labute approximate surface area is 107 Å². The van der Waals surface area contributed by atoms with Gasteiger partial charge in [-0.3, -0.25) is 4.90 Å². The molecule has 1 heterocycles. The average Bonchev–Trinajstić information content (AvgIpc) is 2.28. The number of nitrogens with zero attached hydrogens (tertiary/aromatic N) is 1. The van der Waals surface area contributed by atoms with Crippen molar-refractivity contribution in [3.63, 3.8) is 0 Å². The van der Waals surface area contributed by atoms with E-state index >= 15 is 0 Å². The highest BCUT2D eigenvalue weighted by atomic mass is 16.5. The molecule has 1 atom stereocenters. The van der Waals surface area contributed by atoms with Crippen molar-refractivity contribution in [3.05, 3.63) is 0 Å². The number of piperazine rings is 1. The number of rotatable bonds is 6. The first-order valence-corrected chi connectivity index (χ1v) is 7.07. The predicted octanol–water partition coefficient (Wildman–Crippen LogP) is 2.12. The maximum Gasteiger partial charge on any atom is 0.0593 e. The van der Waals surface area contributed by atoms with E-state index in [2.05, 4.69) is 37.9 Å². The molecule has 1 N–H and O–H groups in total. The van der Waals surface area contributed by atoms with Gasteiger partial charge < -0.3 is 10.1 Å². The van der Waals surface area contributed by atoms with Gasteiger partial charge in [-0.2, -0.15) is 0 Å². The van der Waals surface area contributed by atoms with Gasteiger partial charge in [-0.15, -0.1) is 0 Å². The normalized spacial score (nSPS) is 22.9. The summed E-state index contributed by atoms with van der Waals surface area (Å²) in [5.41, 5.74) is 0.349. The highest BCUT2D eigenvalue weighted by Gasteiger charge is 2.28. The van der Waals surface area contributed by atoms with E-state index in [-0.39, 0.29) is 0 Å². The fourth-order valence-electron chi connectivity index (χ4n) is 2.14. The Bertz CT molecular complexity index is 201. The smallest absolute Gasteiger partial charge is 0.0593 e. The molecule has 0 radical (unpaired) electrons. The molecule has 1 rings (SSSR count). The third-order valence-corrected chi connectivity index (χ3v) is 3.50. The van der Waals surface area contributed by atoms with Gasteiger partial charge in [-0.1, -0.05) is 34.1 Å². The minimum Gasteiger partial charge on any atom is -0.380 e. The van der Waals surface area contributed by atoms with Gasteiger partial charge in [0.1, 0.15) is 0 Å². The molecule has 0 aromatic carbocycles. The second-order valence-electron chi connectivity index (χ2n) is 6.14. The van der Waals surface area contributed by atoms with Crippen molar-refractivity contribution >= 4 is 0 Å². The molecule has 0 aliphatic carbocycles. The van der Waals surface area contributed by atoms with E-state index in [0.29, 0.717) is 11.5 Å². The standard InChI is InChI=1S/C14H30N2O/c1-5-6-10-17-11-9-16-8-7-15-13(12-16)14(2,3)4/h13,15H,5-12H2,1-4H3. The molecule has 0 spiro atoms. The van der Waals surface area contributed by atoms with Crippen LogP contribution in [0.4, 0.5) is 0 Å². The molecule has 1 aliphatic rings. The van der Waals surface area contributed by atoms with Crippen molar-refractivity contribution in [2.24, 2.45) is 5.41 Å². The van der Waals surface area contributed by atoms with Crippen LogP contribution in [0.5, 0.6) is 0 Å². The van der Waals surface area contributed by atoms with E-state index in [1.807, 2.05) is 0 Å². The molecule has 102 valence electrons. The molecule has 1 unspecified atom stereocenters. The number of unbranched alkanes of at least 4 members (excludes halogenated alkanes) is 1. The summed E-state index contributed by atoms with van der Waals surface area (Å²) in [5.74, 6) is 0. The second-order valence-corrected chi connectivity index (χ2v) is 6.14.